The van der Waals surface area contributed by atoms with Gasteiger partial charge in [0.25, 0.3) is 5.91 Å². The third kappa shape index (κ3) is 6.54. The third-order valence-corrected chi connectivity index (χ3v) is 8.58. The van der Waals surface area contributed by atoms with Gasteiger partial charge < -0.3 is 15.7 Å². The molecule has 2 amide bonds. The first-order valence-corrected chi connectivity index (χ1v) is 13.7. The van der Waals surface area contributed by atoms with Gasteiger partial charge in [0.15, 0.2) is 0 Å². The molecule has 0 aliphatic carbocycles. The van der Waals surface area contributed by atoms with Crippen LogP contribution in [0.25, 0.3) is 0 Å². The van der Waals surface area contributed by atoms with Gasteiger partial charge in [-0.1, -0.05) is 94.9 Å². The van der Waals surface area contributed by atoms with E-state index in [2.05, 4.69) is 10.6 Å². The molecule has 1 atom stereocenters. The summed E-state index contributed by atoms with van der Waals surface area (Å²) in [7, 11) is 0. The normalized spacial score (nSPS) is 11.5. The van der Waals surface area contributed by atoms with Crippen LogP contribution < -0.4 is 10.6 Å². The maximum atomic E-state index is 14.2. The standard InChI is InChI=1S/C28H17Cl4FN2O4S/c29-21-19(20(28(38)39)22(30)24(32)23(21)31)26(36)34-15-9-6-10-16(13-15)40-25(14-7-2-1-3-8-14)27(37)35-18-12-5-4-11-17(18)33/h1-13,25H,(H,34,36)(H,35,37)(H,38,39). The van der Waals surface area contributed by atoms with Crippen LogP contribution in [0.5, 0.6) is 0 Å². The second-order valence-corrected chi connectivity index (χ2v) is 10.9. The second-order valence-electron chi connectivity index (χ2n) is 8.17. The predicted molar refractivity (Wildman–Crippen MR) is 158 cm³/mol. The van der Waals surface area contributed by atoms with Crippen molar-refractivity contribution in [1.29, 1.82) is 0 Å². The minimum Gasteiger partial charge on any atom is -0.478 e. The Balaban J connectivity index is 1.63. The Morgan fingerprint density at radius 3 is 2.02 bits per heavy atom. The summed E-state index contributed by atoms with van der Waals surface area (Å²) < 4.78 is 14.2. The number of hydrogen-bond donors (Lipinski definition) is 3. The van der Waals surface area contributed by atoms with Gasteiger partial charge in [-0.3, -0.25) is 9.59 Å². The van der Waals surface area contributed by atoms with Crippen LogP contribution in [0.3, 0.4) is 0 Å². The average molecular weight is 638 g/mol. The number of nitrogens with one attached hydrogen (secondary N) is 2. The van der Waals surface area contributed by atoms with Crippen molar-refractivity contribution in [2.75, 3.05) is 10.6 Å². The number of carboxylic acids is 1. The Morgan fingerprint density at radius 2 is 1.38 bits per heavy atom. The molecule has 0 radical (unpaired) electrons. The van der Waals surface area contributed by atoms with Gasteiger partial charge in [0.05, 0.1) is 36.9 Å². The molecule has 40 heavy (non-hydrogen) atoms. The summed E-state index contributed by atoms with van der Waals surface area (Å²) in [6.45, 7) is 0. The zero-order chi connectivity index (χ0) is 29.0. The number of carbonyl (C=O) groups excluding carboxylic acids is 2. The Hall–Kier alpha value is -3.27. The molecule has 4 aromatic carbocycles. The topological polar surface area (TPSA) is 95.5 Å². The van der Waals surface area contributed by atoms with E-state index in [4.69, 9.17) is 46.4 Å². The van der Waals surface area contributed by atoms with Gasteiger partial charge in [-0.15, -0.1) is 11.8 Å². The number of hydrogen-bond acceptors (Lipinski definition) is 4. The van der Waals surface area contributed by atoms with Crippen LogP contribution in [0.2, 0.25) is 20.1 Å². The Kier molecular flexibility index (Phi) is 9.60. The van der Waals surface area contributed by atoms with E-state index in [-0.39, 0.29) is 26.4 Å². The summed E-state index contributed by atoms with van der Waals surface area (Å²) in [5, 5.41) is 12.7. The van der Waals surface area contributed by atoms with Crippen molar-refractivity contribution in [1.82, 2.24) is 0 Å². The molecule has 4 rings (SSSR count). The maximum Gasteiger partial charge on any atom is 0.338 e. The summed E-state index contributed by atoms with van der Waals surface area (Å²) in [5.74, 6) is -3.44. The van der Waals surface area contributed by atoms with Crippen molar-refractivity contribution < 1.29 is 23.9 Å². The van der Waals surface area contributed by atoms with E-state index in [9.17, 15) is 23.9 Å². The summed E-state index contributed by atoms with van der Waals surface area (Å²) in [6.07, 6.45) is 0. The number of rotatable bonds is 8. The van der Waals surface area contributed by atoms with Crippen molar-refractivity contribution in [2.45, 2.75) is 10.1 Å². The van der Waals surface area contributed by atoms with Crippen molar-refractivity contribution in [3.05, 3.63) is 121 Å². The monoisotopic (exact) mass is 636 g/mol. The van der Waals surface area contributed by atoms with E-state index in [1.807, 2.05) is 6.07 Å². The summed E-state index contributed by atoms with van der Waals surface area (Å²) in [5.41, 5.74) is -0.0809. The minimum absolute atomic E-state index is 0.0430. The first kappa shape index (κ1) is 29.7. The number of thioether (sulfide) groups is 1. The minimum atomic E-state index is -1.52. The molecule has 12 heteroatoms. The van der Waals surface area contributed by atoms with E-state index in [1.54, 1.807) is 54.6 Å². The summed E-state index contributed by atoms with van der Waals surface area (Å²) in [6, 6.07) is 21.2. The smallest absolute Gasteiger partial charge is 0.338 e. The lowest BCUT2D eigenvalue weighted by Gasteiger charge is -2.18. The molecule has 3 N–H and O–H groups in total. The highest BCUT2D eigenvalue weighted by atomic mass is 35.5. The van der Waals surface area contributed by atoms with Crippen LogP contribution in [0.15, 0.2) is 83.8 Å². The van der Waals surface area contributed by atoms with E-state index < -0.39 is 45.0 Å². The Bertz CT molecular complexity index is 1620. The zero-order valence-corrected chi connectivity index (χ0v) is 23.9. The highest BCUT2D eigenvalue weighted by Gasteiger charge is 2.29. The number of benzene rings is 4. The second kappa shape index (κ2) is 12.9. The van der Waals surface area contributed by atoms with E-state index >= 15 is 0 Å². The highest BCUT2D eigenvalue weighted by molar-refractivity contribution is 8.00. The fourth-order valence-corrected chi connectivity index (χ4v) is 5.79. The lowest BCUT2D eigenvalue weighted by atomic mass is 10.1. The molecular weight excluding hydrogens is 621 g/mol. The molecule has 0 bridgehead atoms. The maximum absolute atomic E-state index is 14.2. The molecule has 0 fully saturated rings. The number of carboxylic acid groups (broad SMARTS) is 1. The van der Waals surface area contributed by atoms with Gasteiger partial charge in [-0.05, 0) is 35.9 Å². The molecule has 6 nitrogen and oxygen atoms in total. The molecule has 0 aliphatic rings. The molecular formula is C28H17Cl4FN2O4S. The molecule has 1 unspecified atom stereocenters. The van der Waals surface area contributed by atoms with Gasteiger partial charge in [-0.25, -0.2) is 9.18 Å². The molecule has 0 heterocycles. The van der Waals surface area contributed by atoms with Gasteiger partial charge in [0.1, 0.15) is 11.1 Å². The van der Waals surface area contributed by atoms with Crippen LogP contribution in [0, 0.1) is 5.82 Å². The highest BCUT2D eigenvalue weighted by Crippen LogP contribution is 2.42. The largest absolute Gasteiger partial charge is 0.478 e. The molecule has 4 aromatic rings. The fourth-order valence-electron chi connectivity index (χ4n) is 3.68. The SMILES string of the molecule is O=C(O)c1c(Cl)c(Cl)c(Cl)c(Cl)c1C(=O)Nc1cccc(SC(C(=O)Nc2ccccc2F)c2ccccc2)c1. The van der Waals surface area contributed by atoms with Crippen molar-refractivity contribution >= 4 is 87.3 Å². The van der Waals surface area contributed by atoms with Crippen LogP contribution in [-0.4, -0.2) is 22.9 Å². The first-order chi connectivity index (χ1) is 19.1. The molecule has 0 saturated heterocycles. The van der Waals surface area contributed by atoms with Crippen molar-refractivity contribution in [3.8, 4) is 0 Å². The van der Waals surface area contributed by atoms with E-state index in [0.717, 1.165) is 11.8 Å². The molecule has 0 spiro atoms. The Morgan fingerprint density at radius 1 is 0.750 bits per heavy atom. The number of aromatic carboxylic acids is 1. The average Bonchev–Trinajstić information content (AvgIpc) is 2.94. The number of halogens is 5. The van der Waals surface area contributed by atoms with Gasteiger partial charge >= 0.3 is 5.97 Å². The zero-order valence-electron chi connectivity index (χ0n) is 20.1. The van der Waals surface area contributed by atoms with Gasteiger partial charge in [0.2, 0.25) is 5.91 Å². The number of para-hydroxylation sites is 1. The van der Waals surface area contributed by atoms with Gasteiger partial charge in [-0.2, -0.15) is 0 Å². The van der Waals surface area contributed by atoms with E-state index in [0.29, 0.717) is 10.5 Å². The van der Waals surface area contributed by atoms with Crippen LogP contribution in [-0.2, 0) is 4.79 Å². The molecule has 0 aliphatic heterocycles. The van der Waals surface area contributed by atoms with Crippen molar-refractivity contribution in [3.63, 3.8) is 0 Å². The Labute approximate surface area is 252 Å². The predicted octanol–water partition coefficient (Wildman–Crippen LogP) is 8.86. The van der Waals surface area contributed by atoms with Crippen molar-refractivity contribution in [2.24, 2.45) is 0 Å². The molecule has 0 saturated carbocycles. The molecule has 204 valence electrons. The van der Waals surface area contributed by atoms with Crippen LogP contribution >= 0.6 is 58.2 Å². The third-order valence-electron chi connectivity index (χ3n) is 5.53. The van der Waals surface area contributed by atoms with Gasteiger partial charge in [0, 0.05) is 10.6 Å². The van der Waals surface area contributed by atoms with Crippen LogP contribution in [0.1, 0.15) is 31.5 Å². The van der Waals surface area contributed by atoms with Crippen LogP contribution in [0.4, 0.5) is 15.8 Å². The summed E-state index contributed by atoms with van der Waals surface area (Å²) >= 11 is 25.4. The first-order valence-electron chi connectivity index (χ1n) is 11.4. The number of amides is 2. The number of anilines is 2. The number of carbonyl (C=O) groups is 3. The lowest BCUT2D eigenvalue weighted by Crippen LogP contribution is -2.20. The lowest BCUT2D eigenvalue weighted by molar-refractivity contribution is -0.115. The van der Waals surface area contributed by atoms with E-state index in [1.165, 1.54) is 18.2 Å². The quantitative estimate of drug-likeness (QED) is 0.102. The fraction of sp³-hybridized carbons (Fsp3) is 0.0357. The molecule has 0 aromatic heterocycles. The summed E-state index contributed by atoms with van der Waals surface area (Å²) in [4.78, 5) is 38.8.